The normalized spacial score (nSPS) is 17.1. The Morgan fingerprint density at radius 2 is 1.59 bits per heavy atom. The molecule has 4 rings (SSSR count). The average Bonchev–Trinajstić information content (AvgIpc) is 2.80. The van der Waals surface area contributed by atoms with Crippen molar-refractivity contribution in [3.63, 3.8) is 0 Å². The van der Waals surface area contributed by atoms with Crippen molar-refractivity contribution in [2.24, 2.45) is 5.92 Å². The van der Waals surface area contributed by atoms with Gasteiger partial charge >= 0.3 is 0 Å². The molecule has 0 radical (unpaired) electrons. The molecule has 0 aliphatic carbocycles. The molecule has 2 aromatic carbocycles. The van der Waals surface area contributed by atoms with Crippen LogP contribution in [0.4, 0.5) is 0 Å². The summed E-state index contributed by atoms with van der Waals surface area (Å²) >= 11 is 0. The van der Waals surface area contributed by atoms with E-state index in [0.717, 1.165) is 25.0 Å². The second-order valence-corrected chi connectivity index (χ2v) is 7.73. The van der Waals surface area contributed by atoms with Crippen molar-refractivity contribution in [3.8, 4) is 0 Å². The number of rotatable bonds is 5. The van der Waals surface area contributed by atoms with E-state index >= 15 is 0 Å². The van der Waals surface area contributed by atoms with Crippen LogP contribution in [0.1, 0.15) is 29.7 Å². The lowest BCUT2D eigenvalue weighted by Crippen LogP contribution is -2.51. The number of nitrogens with zero attached hydrogens (tertiary/aromatic N) is 2. The summed E-state index contributed by atoms with van der Waals surface area (Å²) in [7, 11) is 0. The summed E-state index contributed by atoms with van der Waals surface area (Å²) in [4.78, 5) is 19.9. The van der Waals surface area contributed by atoms with Gasteiger partial charge in [-0.05, 0) is 48.4 Å². The molecule has 1 aliphatic heterocycles. The molecule has 0 saturated carbocycles. The number of hydrogen-bond acceptors (Lipinski definition) is 3. The molecule has 3 aromatic rings. The van der Waals surface area contributed by atoms with Crippen LogP contribution in [-0.2, 0) is 16.8 Å². The molecule has 0 spiro atoms. The second-order valence-electron chi connectivity index (χ2n) is 7.73. The maximum Gasteiger partial charge on any atom is 0.263 e. The summed E-state index contributed by atoms with van der Waals surface area (Å²) in [6.07, 6.45) is 4.66. The van der Waals surface area contributed by atoms with Gasteiger partial charge in [-0.25, -0.2) is 0 Å². The zero-order valence-corrected chi connectivity index (χ0v) is 16.4. The number of likely N-dealkylation sites (tertiary alicyclic amines) is 1. The SMILES string of the molecule is O=C(N1CCCC(Cc2ccccn2)C1)C(O)(c1ccccc1)c1ccccc1. The fourth-order valence-corrected chi connectivity index (χ4v) is 4.23. The molecule has 1 amide bonds. The van der Waals surface area contributed by atoms with Crippen LogP contribution >= 0.6 is 0 Å². The van der Waals surface area contributed by atoms with Crippen molar-refractivity contribution in [1.29, 1.82) is 0 Å². The lowest BCUT2D eigenvalue weighted by molar-refractivity contribution is -0.150. The van der Waals surface area contributed by atoms with Crippen molar-refractivity contribution >= 4 is 5.91 Å². The van der Waals surface area contributed by atoms with Crippen molar-refractivity contribution < 1.29 is 9.90 Å². The van der Waals surface area contributed by atoms with Crippen molar-refractivity contribution in [1.82, 2.24) is 9.88 Å². The smallest absolute Gasteiger partial charge is 0.263 e. The van der Waals surface area contributed by atoms with Crippen LogP contribution < -0.4 is 0 Å². The van der Waals surface area contributed by atoms with E-state index in [4.69, 9.17) is 0 Å². The lowest BCUT2D eigenvalue weighted by atomic mass is 9.83. The molecule has 148 valence electrons. The van der Waals surface area contributed by atoms with Gasteiger partial charge in [0.05, 0.1) is 0 Å². The first-order valence-electron chi connectivity index (χ1n) is 10.2. The van der Waals surface area contributed by atoms with E-state index in [9.17, 15) is 9.90 Å². The third-order valence-corrected chi connectivity index (χ3v) is 5.72. The monoisotopic (exact) mass is 386 g/mol. The summed E-state index contributed by atoms with van der Waals surface area (Å²) in [6, 6.07) is 24.4. The van der Waals surface area contributed by atoms with E-state index in [0.29, 0.717) is 30.1 Å². The van der Waals surface area contributed by atoms with Gasteiger partial charge in [-0.1, -0.05) is 66.7 Å². The fraction of sp³-hybridized carbons (Fsp3) is 0.280. The molecule has 1 fully saturated rings. The molecule has 1 unspecified atom stereocenters. The molecule has 1 aliphatic rings. The second kappa shape index (κ2) is 8.58. The number of hydrogen-bond donors (Lipinski definition) is 1. The van der Waals surface area contributed by atoms with Crippen LogP contribution in [0.5, 0.6) is 0 Å². The Hall–Kier alpha value is -2.98. The molecular formula is C25H26N2O2. The first-order chi connectivity index (χ1) is 14.2. The Labute approximate surface area is 171 Å². The largest absolute Gasteiger partial charge is 0.372 e. The molecule has 1 atom stereocenters. The van der Waals surface area contributed by atoms with Gasteiger partial charge in [-0.15, -0.1) is 0 Å². The van der Waals surface area contributed by atoms with E-state index in [1.54, 1.807) is 0 Å². The van der Waals surface area contributed by atoms with Crippen molar-refractivity contribution in [2.75, 3.05) is 13.1 Å². The molecule has 2 heterocycles. The predicted octanol–water partition coefficient (Wildman–Crippen LogP) is 3.80. The topological polar surface area (TPSA) is 53.4 Å². The molecule has 1 saturated heterocycles. The van der Waals surface area contributed by atoms with Gasteiger partial charge in [0.2, 0.25) is 0 Å². The zero-order valence-electron chi connectivity index (χ0n) is 16.4. The molecule has 0 bridgehead atoms. The highest BCUT2D eigenvalue weighted by Gasteiger charge is 2.43. The third kappa shape index (κ3) is 4.08. The highest BCUT2D eigenvalue weighted by atomic mass is 16.3. The summed E-state index contributed by atoms with van der Waals surface area (Å²) in [5, 5.41) is 11.7. The molecule has 1 N–H and O–H groups in total. The number of aromatic nitrogens is 1. The van der Waals surface area contributed by atoms with Gasteiger partial charge in [-0.3, -0.25) is 9.78 Å². The number of carbonyl (C=O) groups excluding carboxylic acids is 1. The van der Waals surface area contributed by atoms with E-state index < -0.39 is 5.60 Å². The molecule has 4 nitrogen and oxygen atoms in total. The average molecular weight is 386 g/mol. The summed E-state index contributed by atoms with van der Waals surface area (Å²) in [5.74, 6) is 0.0963. The van der Waals surface area contributed by atoms with Crippen molar-refractivity contribution in [2.45, 2.75) is 24.9 Å². The standard InChI is InChI=1S/C25H26N2O2/c28-24(27-17-9-10-20(19-27)18-23-15-7-8-16-26-23)25(29,21-11-3-1-4-12-21)22-13-5-2-6-14-22/h1-8,11-16,20,29H,9-10,17-19H2. The minimum absolute atomic E-state index is 0.249. The Morgan fingerprint density at radius 1 is 0.966 bits per heavy atom. The molecule has 29 heavy (non-hydrogen) atoms. The summed E-state index contributed by atoms with van der Waals surface area (Å²) in [5.41, 5.74) is 0.564. The maximum atomic E-state index is 13.7. The Balaban J connectivity index is 1.61. The van der Waals surface area contributed by atoms with Gasteiger partial charge in [0.15, 0.2) is 5.60 Å². The third-order valence-electron chi connectivity index (χ3n) is 5.72. The molecular weight excluding hydrogens is 360 g/mol. The number of aliphatic hydroxyl groups is 1. The first-order valence-corrected chi connectivity index (χ1v) is 10.2. The van der Waals surface area contributed by atoms with Crippen LogP contribution in [-0.4, -0.2) is 34.0 Å². The summed E-state index contributed by atoms with van der Waals surface area (Å²) < 4.78 is 0. The van der Waals surface area contributed by atoms with Gasteiger partial charge in [0.25, 0.3) is 5.91 Å². The highest BCUT2D eigenvalue weighted by molar-refractivity contribution is 5.90. The number of benzene rings is 2. The molecule has 4 heteroatoms. The van der Waals surface area contributed by atoms with E-state index in [1.807, 2.05) is 90.0 Å². The quantitative estimate of drug-likeness (QED) is 0.726. The number of pyridine rings is 1. The number of carbonyl (C=O) groups is 1. The van der Waals surface area contributed by atoms with E-state index in [2.05, 4.69) is 4.98 Å². The van der Waals surface area contributed by atoms with Crippen LogP contribution in [0.25, 0.3) is 0 Å². The predicted molar refractivity (Wildman–Crippen MR) is 113 cm³/mol. The maximum absolute atomic E-state index is 13.7. The molecule has 1 aromatic heterocycles. The Morgan fingerprint density at radius 3 is 2.17 bits per heavy atom. The van der Waals surface area contributed by atoms with Crippen LogP contribution in [0.3, 0.4) is 0 Å². The minimum atomic E-state index is -1.69. The Bertz CT molecular complexity index is 889. The highest BCUT2D eigenvalue weighted by Crippen LogP contribution is 2.33. The van der Waals surface area contributed by atoms with Gasteiger partial charge in [0, 0.05) is 25.0 Å². The van der Waals surface area contributed by atoms with Gasteiger partial charge in [-0.2, -0.15) is 0 Å². The minimum Gasteiger partial charge on any atom is -0.372 e. The first kappa shape index (κ1) is 19.3. The summed E-state index contributed by atoms with van der Waals surface area (Å²) in [6.45, 7) is 1.30. The fourth-order valence-electron chi connectivity index (χ4n) is 4.23. The number of amides is 1. The van der Waals surface area contributed by atoms with E-state index in [-0.39, 0.29) is 5.91 Å². The van der Waals surface area contributed by atoms with Crippen LogP contribution in [0.2, 0.25) is 0 Å². The number of piperidine rings is 1. The Kier molecular flexibility index (Phi) is 5.72. The van der Waals surface area contributed by atoms with Gasteiger partial charge < -0.3 is 10.0 Å². The van der Waals surface area contributed by atoms with Crippen molar-refractivity contribution in [3.05, 3.63) is 102 Å². The van der Waals surface area contributed by atoms with Crippen LogP contribution in [0, 0.1) is 5.92 Å². The lowest BCUT2D eigenvalue weighted by Gasteiger charge is -2.38. The van der Waals surface area contributed by atoms with E-state index in [1.165, 1.54) is 0 Å². The zero-order chi connectivity index (χ0) is 20.1. The van der Waals surface area contributed by atoms with Crippen LogP contribution in [0.15, 0.2) is 85.1 Å². The van der Waals surface area contributed by atoms with Gasteiger partial charge in [0.1, 0.15) is 0 Å².